The number of aliphatic carboxylic acids is 1. The Morgan fingerprint density at radius 3 is 2.80 bits per heavy atom. The molecular formula is C17H21NO2. The van der Waals surface area contributed by atoms with Crippen LogP contribution in [0.2, 0.25) is 0 Å². The molecular weight excluding hydrogens is 250 g/mol. The van der Waals surface area contributed by atoms with Crippen molar-refractivity contribution in [2.24, 2.45) is 5.92 Å². The van der Waals surface area contributed by atoms with Crippen molar-refractivity contribution in [3.63, 3.8) is 0 Å². The Morgan fingerprint density at radius 1 is 1.40 bits per heavy atom. The van der Waals surface area contributed by atoms with Crippen molar-refractivity contribution < 1.29 is 9.90 Å². The van der Waals surface area contributed by atoms with Crippen molar-refractivity contribution >= 4 is 16.9 Å². The van der Waals surface area contributed by atoms with Gasteiger partial charge in [-0.2, -0.15) is 0 Å². The van der Waals surface area contributed by atoms with Crippen LogP contribution in [0.5, 0.6) is 0 Å². The second-order valence-electron chi connectivity index (χ2n) is 6.05. The summed E-state index contributed by atoms with van der Waals surface area (Å²) in [6.45, 7) is 3.07. The van der Waals surface area contributed by atoms with Crippen LogP contribution in [0.15, 0.2) is 30.5 Å². The fourth-order valence-electron chi connectivity index (χ4n) is 3.14. The van der Waals surface area contributed by atoms with Gasteiger partial charge in [-0.3, -0.25) is 4.79 Å². The maximum Gasteiger partial charge on any atom is 0.303 e. The quantitative estimate of drug-likeness (QED) is 0.892. The lowest BCUT2D eigenvalue weighted by Crippen LogP contribution is -2.17. The van der Waals surface area contributed by atoms with E-state index in [1.165, 1.54) is 35.7 Å². The highest BCUT2D eigenvalue weighted by molar-refractivity contribution is 5.85. The van der Waals surface area contributed by atoms with Gasteiger partial charge in [-0.05, 0) is 36.3 Å². The summed E-state index contributed by atoms with van der Waals surface area (Å²) in [5.41, 5.74) is 2.41. The fourth-order valence-corrected chi connectivity index (χ4v) is 3.14. The summed E-state index contributed by atoms with van der Waals surface area (Å²) in [4.78, 5) is 11.0. The molecule has 1 heterocycles. The zero-order valence-corrected chi connectivity index (χ0v) is 11.9. The van der Waals surface area contributed by atoms with Crippen LogP contribution in [-0.2, 0) is 11.3 Å². The van der Waals surface area contributed by atoms with Gasteiger partial charge in [-0.25, -0.2) is 0 Å². The predicted octanol–water partition coefficient (Wildman–Crippen LogP) is 4.02. The van der Waals surface area contributed by atoms with E-state index in [4.69, 9.17) is 5.11 Å². The fraction of sp³-hybridized carbons (Fsp3) is 0.471. The molecule has 1 saturated carbocycles. The molecule has 0 spiro atoms. The van der Waals surface area contributed by atoms with E-state index in [9.17, 15) is 4.79 Å². The van der Waals surface area contributed by atoms with Gasteiger partial charge < -0.3 is 9.67 Å². The van der Waals surface area contributed by atoms with E-state index in [-0.39, 0.29) is 12.3 Å². The average molecular weight is 271 g/mol. The van der Waals surface area contributed by atoms with E-state index >= 15 is 0 Å². The molecule has 2 aromatic rings. The molecule has 106 valence electrons. The van der Waals surface area contributed by atoms with Crippen molar-refractivity contribution in [3.8, 4) is 0 Å². The van der Waals surface area contributed by atoms with Crippen LogP contribution in [-0.4, -0.2) is 15.6 Å². The van der Waals surface area contributed by atoms with Crippen LogP contribution in [0.4, 0.5) is 0 Å². The smallest absolute Gasteiger partial charge is 0.303 e. The molecule has 1 aliphatic carbocycles. The van der Waals surface area contributed by atoms with Gasteiger partial charge in [-0.15, -0.1) is 0 Å². The highest BCUT2D eigenvalue weighted by Gasteiger charge is 2.21. The minimum Gasteiger partial charge on any atom is -0.481 e. The first-order chi connectivity index (χ1) is 9.65. The van der Waals surface area contributed by atoms with Crippen LogP contribution < -0.4 is 0 Å². The van der Waals surface area contributed by atoms with Gasteiger partial charge in [0.2, 0.25) is 0 Å². The number of benzene rings is 1. The van der Waals surface area contributed by atoms with E-state index < -0.39 is 5.97 Å². The summed E-state index contributed by atoms with van der Waals surface area (Å²) in [5.74, 6) is 0.127. The van der Waals surface area contributed by atoms with Crippen molar-refractivity contribution in [2.75, 3.05) is 0 Å². The van der Waals surface area contributed by atoms with Crippen LogP contribution in [0.1, 0.15) is 44.1 Å². The van der Waals surface area contributed by atoms with Crippen LogP contribution in [0, 0.1) is 5.92 Å². The Balaban J connectivity index is 1.96. The van der Waals surface area contributed by atoms with E-state index in [0.717, 1.165) is 12.5 Å². The third-order valence-corrected chi connectivity index (χ3v) is 4.51. The molecule has 1 atom stereocenters. The first kappa shape index (κ1) is 13.2. The highest BCUT2D eigenvalue weighted by Crippen LogP contribution is 2.33. The number of carboxylic acid groups (broad SMARTS) is 1. The highest BCUT2D eigenvalue weighted by atomic mass is 16.4. The Kier molecular flexibility index (Phi) is 3.51. The molecule has 3 heteroatoms. The first-order valence-corrected chi connectivity index (χ1v) is 7.44. The van der Waals surface area contributed by atoms with Crippen LogP contribution in [0.3, 0.4) is 0 Å². The first-order valence-electron chi connectivity index (χ1n) is 7.44. The van der Waals surface area contributed by atoms with E-state index in [1.807, 2.05) is 13.0 Å². The summed E-state index contributed by atoms with van der Waals surface area (Å²) < 4.78 is 2.33. The van der Waals surface area contributed by atoms with Gasteiger partial charge in [-0.1, -0.05) is 31.5 Å². The number of aromatic nitrogens is 1. The summed E-state index contributed by atoms with van der Waals surface area (Å²) >= 11 is 0. The number of carbonyl (C=O) groups is 1. The SMILES string of the molecule is CC(CC(=O)O)c1cn(CC2CCC2)c2ccccc12. The zero-order chi connectivity index (χ0) is 14.1. The zero-order valence-electron chi connectivity index (χ0n) is 11.9. The monoisotopic (exact) mass is 271 g/mol. The third-order valence-electron chi connectivity index (χ3n) is 4.51. The molecule has 1 fully saturated rings. The lowest BCUT2D eigenvalue weighted by atomic mass is 9.85. The van der Waals surface area contributed by atoms with Gasteiger partial charge in [0.05, 0.1) is 6.42 Å². The Labute approximate surface area is 119 Å². The van der Waals surface area contributed by atoms with E-state index in [0.29, 0.717) is 0 Å². The maximum atomic E-state index is 11.0. The number of hydrogen-bond acceptors (Lipinski definition) is 1. The molecule has 0 amide bonds. The number of fused-ring (bicyclic) bond motifs is 1. The molecule has 0 saturated heterocycles. The molecule has 1 aromatic carbocycles. The van der Waals surface area contributed by atoms with Gasteiger partial charge in [0.25, 0.3) is 0 Å². The lowest BCUT2D eigenvalue weighted by molar-refractivity contribution is -0.137. The van der Waals surface area contributed by atoms with Crippen molar-refractivity contribution in [1.82, 2.24) is 4.57 Å². The summed E-state index contributed by atoms with van der Waals surface area (Å²) in [6, 6.07) is 8.35. The number of carboxylic acids is 1. The molecule has 20 heavy (non-hydrogen) atoms. The predicted molar refractivity (Wildman–Crippen MR) is 79.9 cm³/mol. The summed E-state index contributed by atoms with van der Waals surface area (Å²) in [6.07, 6.45) is 6.37. The van der Waals surface area contributed by atoms with E-state index in [1.54, 1.807) is 0 Å². The summed E-state index contributed by atoms with van der Waals surface area (Å²) in [7, 11) is 0. The summed E-state index contributed by atoms with van der Waals surface area (Å²) in [5, 5.41) is 10.2. The van der Waals surface area contributed by atoms with Gasteiger partial charge in [0, 0.05) is 23.6 Å². The van der Waals surface area contributed by atoms with Crippen molar-refractivity contribution in [2.45, 2.75) is 45.1 Å². The standard InChI is InChI=1S/C17H21NO2/c1-12(9-17(19)20)15-11-18(10-13-5-4-6-13)16-8-3-2-7-14(15)16/h2-3,7-8,11-13H,4-6,9-10H2,1H3,(H,19,20). The van der Waals surface area contributed by atoms with Gasteiger partial charge in [0.15, 0.2) is 0 Å². The Morgan fingerprint density at radius 2 is 2.15 bits per heavy atom. The second kappa shape index (κ2) is 5.31. The number of nitrogens with zero attached hydrogens (tertiary/aromatic N) is 1. The maximum absolute atomic E-state index is 11.0. The van der Waals surface area contributed by atoms with Crippen LogP contribution >= 0.6 is 0 Å². The minimum absolute atomic E-state index is 0.0556. The van der Waals surface area contributed by atoms with E-state index in [2.05, 4.69) is 29.0 Å². The van der Waals surface area contributed by atoms with Crippen molar-refractivity contribution in [1.29, 1.82) is 0 Å². The molecule has 0 bridgehead atoms. The molecule has 1 N–H and O–H groups in total. The molecule has 0 aliphatic heterocycles. The normalized spacial score (nSPS) is 17.1. The molecule has 1 aromatic heterocycles. The van der Waals surface area contributed by atoms with Gasteiger partial charge >= 0.3 is 5.97 Å². The molecule has 3 rings (SSSR count). The second-order valence-corrected chi connectivity index (χ2v) is 6.05. The topological polar surface area (TPSA) is 42.2 Å². The number of para-hydroxylation sites is 1. The Bertz CT molecular complexity index is 625. The Hall–Kier alpha value is -1.77. The largest absolute Gasteiger partial charge is 0.481 e. The third kappa shape index (κ3) is 2.45. The number of rotatable bonds is 5. The molecule has 1 aliphatic rings. The number of hydrogen-bond donors (Lipinski definition) is 1. The lowest BCUT2D eigenvalue weighted by Gasteiger charge is -2.26. The average Bonchev–Trinajstić information content (AvgIpc) is 2.72. The molecule has 1 unspecified atom stereocenters. The van der Waals surface area contributed by atoms with Gasteiger partial charge in [0.1, 0.15) is 0 Å². The minimum atomic E-state index is -0.728. The van der Waals surface area contributed by atoms with Crippen LogP contribution in [0.25, 0.3) is 10.9 Å². The molecule has 0 radical (unpaired) electrons. The molecule has 3 nitrogen and oxygen atoms in total. The van der Waals surface area contributed by atoms with Crippen molar-refractivity contribution in [3.05, 3.63) is 36.0 Å².